The average Bonchev–Trinajstić information content (AvgIpc) is 3.64. The minimum Gasteiger partial charge on any atom is -0.379 e. The first-order valence-electron chi connectivity index (χ1n) is 16.2. The van der Waals surface area contributed by atoms with E-state index in [1.54, 1.807) is 15.6 Å². The number of fused-ring (bicyclic) bond motifs is 1. The number of hydrogen-bond donors (Lipinski definition) is 1. The molecule has 2 aliphatic heterocycles. The molecule has 2 aliphatic rings. The lowest BCUT2D eigenvalue weighted by Gasteiger charge is -2.33. The molecule has 1 fully saturated rings. The Morgan fingerprint density at radius 2 is 1.91 bits per heavy atom. The zero-order chi connectivity index (χ0) is 33.0. The van der Waals surface area contributed by atoms with Crippen LogP contribution in [0.3, 0.4) is 0 Å². The van der Waals surface area contributed by atoms with Crippen molar-refractivity contribution in [2.75, 3.05) is 39.1 Å². The van der Waals surface area contributed by atoms with Crippen molar-refractivity contribution in [3.05, 3.63) is 97.3 Å². The lowest BCUT2D eigenvalue weighted by Crippen LogP contribution is -2.44. The normalized spacial score (nSPS) is 17.3. The van der Waals surface area contributed by atoms with Crippen molar-refractivity contribution in [3.63, 3.8) is 0 Å². The van der Waals surface area contributed by atoms with E-state index in [-0.39, 0.29) is 0 Å². The molecule has 1 N–H and O–H groups in total. The maximum atomic E-state index is 12.5. The van der Waals surface area contributed by atoms with Crippen LogP contribution in [0.2, 0.25) is 5.02 Å². The van der Waals surface area contributed by atoms with E-state index in [2.05, 4.69) is 64.2 Å². The molecule has 0 spiro atoms. The molecule has 2 aromatic heterocycles. The van der Waals surface area contributed by atoms with Gasteiger partial charge >= 0.3 is 0 Å². The maximum absolute atomic E-state index is 12.5. The Kier molecular flexibility index (Phi) is 10.8. The van der Waals surface area contributed by atoms with Gasteiger partial charge in [-0.05, 0) is 67.1 Å². The first-order valence-corrected chi connectivity index (χ1v) is 19.3. The summed E-state index contributed by atoms with van der Waals surface area (Å²) < 4.78 is 34.3. The van der Waals surface area contributed by atoms with Crippen LogP contribution in [0.15, 0.2) is 53.9 Å². The molecule has 4 aromatic rings. The molecule has 8 nitrogen and oxygen atoms in total. The molecular formula is C36H42ClN5O3S2. The van der Waals surface area contributed by atoms with Gasteiger partial charge in [0.15, 0.2) is 0 Å². The predicted molar refractivity (Wildman–Crippen MR) is 190 cm³/mol. The second-order valence-electron chi connectivity index (χ2n) is 12.4. The molecule has 0 amide bonds. The number of aryl methyl sites for hydroxylation is 2. The summed E-state index contributed by atoms with van der Waals surface area (Å²) in [6.07, 6.45) is 2.85. The van der Waals surface area contributed by atoms with Crippen LogP contribution in [0.1, 0.15) is 51.7 Å². The fourth-order valence-corrected chi connectivity index (χ4v) is 8.03. The third kappa shape index (κ3) is 8.35. The number of aromatic nitrogens is 2. The van der Waals surface area contributed by atoms with E-state index in [0.717, 1.165) is 80.4 Å². The Morgan fingerprint density at radius 3 is 2.66 bits per heavy atom. The molecule has 248 valence electrons. The van der Waals surface area contributed by atoms with Crippen molar-refractivity contribution in [2.24, 2.45) is 0 Å². The van der Waals surface area contributed by atoms with Gasteiger partial charge in [0.2, 0.25) is 10.0 Å². The van der Waals surface area contributed by atoms with E-state index < -0.39 is 10.0 Å². The number of nitrogens with zero attached hydrogens (tertiary/aromatic N) is 4. The van der Waals surface area contributed by atoms with Crippen molar-refractivity contribution in [3.8, 4) is 23.1 Å². The molecule has 0 bridgehead atoms. The predicted octanol–water partition coefficient (Wildman–Crippen LogP) is 5.69. The largest absolute Gasteiger partial charge is 0.379 e. The molecule has 0 saturated carbocycles. The lowest BCUT2D eigenvalue weighted by molar-refractivity contribution is -0.00122. The van der Waals surface area contributed by atoms with Gasteiger partial charge in [-0.1, -0.05) is 41.6 Å². The molecule has 0 unspecified atom stereocenters. The van der Waals surface area contributed by atoms with Crippen LogP contribution in [0.5, 0.6) is 0 Å². The zero-order valence-electron chi connectivity index (χ0n) is 27.3. The third-order valence-corrected chi connectivity index (χ3v) is 11.6. The van der Waals surface area contributed by atoms with Crippen LogP contribution in [0, 0.1) is 18.8 Å². The SMILES string of the molecule is Cc1ccsc1CNCc1ccc(C#Cc2cc(-c3nn(CCCN4CCOC[C@@H]4C)c4c3CN(S(C)(=O)=O)CC4)ccc2Cl)cc1. The van der Waals surface area contributed by atoms with E-state index in [4.69, 9.17) is 21.4 Å². The molecular weight excluding hydrogens is 650 g/mol. The number of rotatable bonds is 10. The summed E-state index contributed by atoms with van der Waals surface area (Å²) in [5.41, 5.74) is 7.89. The Balaban J connectivity index is 1.19. The molecule has 1 atom stereocenters. The second-order valence-corrected chi connectivity index (χ2v) is 15.8. The van der Waals surface area contributed by atoms with Crippen molar-refractivity contribution in [1.29, 1.82) is 0 Å². The number of nitrogens with one attached hydrogen (secondary N) is 1. The number of thiophene rings is 1. The monoisotopic (exact) mass is 691 g/mol. The van der Waals surface area contributed by atoms with Crippen molar-refractivity contribution < 1.29 is 13.2 Å². The highest BCUT2D eigenvalue weighted by atomic mass is 35.5. The fourth-order valence-electron chi connectivity index (χ4n) is 6.20. The fraction of sp³-hybridized carbons (Fsp3) is 0.417. The Morgan fingerprint density at radius 1 is 1.09 bits per heavy atom. The van der Waals surface area contributed by atoms with E-state index in [9.17, 15) is 8.42 Å². The summed E-state index contributed by atoms with van der Waals surface area (Å²) in [5, 5.41) is 11.3. The first-order chi connectivity index (χ1) is 22.7. The first kappa shape index (κ1) is 33.9. The van der Waals surface area contributed by atoms with E-state index >= 15 is 0 Å². The van der Waals surface area contributed by atoms with Gasteiger partial charge in [-0.25, -0.2) is 8.42 Å². The summed E-state index contributed by atoms with van der Waals surface area (Å²) in [5.74, 6) is 6.54. The van der Waals surface area contributed by atoms with Gasteiger partial charge in [0.1, 0.15) is 0 Å². The number of morpholine rings is 1. The van der Waals surface area contributed by atoms with Gasteiger partial charge in [-0.2, -0.15) is 9.40 Å². The van der Waals surface area contributed by atoms with Crippen LogP contribution >= 0.6 is 22.9 Å². The van der Waals surface area contributed by atoms with Gasteiger partial charge < -0.3 is 10.1 Å². The number of hydrogen-bond acceptors (Lipinski definition) is 7. The molecule has 0 radical (unpaired) electrons. The molecule has 0 aliphatic carbocycles. The Hall–Kier alpha value is -3.01. The zero-order valence-corrected chi connectivity index (χ0v) is 29.6. The van der Waals surface area contributed by atoms with Gasteiger partial charge in [0.25, 0.3) is 0 Å². The molecule has 2 aromatic carbocycles. The topological polar surface area (TPSA) is 79.7 Å². The van der Waals surface area contributed by atoms with Gasteiger partial charge in [-0.3, -0.25) is 9.58 Å². The van der Waals surface area contributed by atoms with E-state index in [0.29, 0.717) is 36.1 Å². The number of ether oxygens (including phenoxy) is 1. The number of halogens is 1. The molecule has 11 heteroatoms. The van der Waals surface area contributed by atoms with Crippen molar-refractivity contribution >= 4 is 33.0 Å². The van der Waals surface area contributed by atoms with Crippen molar-refractivity contribution in [2.45, 2.75) is 58.9 Å². The van der Waals surface area contributed by atoms with Gasteiger partial charge in [0.05, 0.1) is 30.2 Å². The van der Waals surface area contributed by atoms with E-state index in [1.165, 1.54) is 22.3 Å². The maximum Gasteiger partial charge on any atom is 0.211 e. The molecule has 47 heavy (non-hydrogen) atoms. The third-order valence-electron chi connectivity index (χ3n) is 9.01. The van der Waals surface area contributed by atoms with Crippen LogP contribution < -0.4 is 5.32 Å². The summed E-state index contributed by atoms with van der Waals surface area (Å²) in [4.78, 5) is 3.83. The highest BCUT2D eigenvalue weighted by Gasteiger charge is 2.30. The standard InChI is InChI=1S/C36H42ClN5O3S2/c1-26-14-20-46-35(26)23-38-22-29-7-5-28(6-8-29)9-10-30-21-31(11-12-33(30)37)36-32-24-41(47(3,43)44)17-13-34(32)42(39-36)16-4-15-40-18-19-45-25-27(40)2/h5-8,11-12,14,20-21,27,38H,4,13,15-19,22-25H2,1-3H3/t27-/m0/s1. The summed E-state index contributed by atoms with van der Waals surface area (Å²) in [6, 6.07) is 16.6. The molecule has 1 saturated heterocycles. The van der Waals surface area contributed by atoms with Crippen LogP contribution in [-0.4, -0.2) is 72.5 Å². The van der Waals surface area contributed by atoms with Crippen molar-refractivity contribution in [1.82, 2.24) is 24.3 Å². The molecule has 6 rings (SSSR count). The highest BCUT2D eigenvalue weighted by molar-refractivity contribution is 7.88. The van der Waals surface area contributed by atoms with Gasteiger partial charge in [0, 0.05) is 91.1 Å². The second kappa shape index (κ2) is 15.0. The summed E-state index contributed by atoms with van der Waals surface area (Å²) in [6.45, 7) is 11.0. The minimum atomic E-state index is -3.34. The van der Waals surface area contributed by atoms with Crippen LogP contribution in [0.25, 0.3) is 11.3 Å². The minimum absolute atomic E-state index is 0.307. The van der Waals surface area contributed by atoms with Gasteiger partial charge in [-0.15, -0.1) is 11.3 Å². The Labute approximate surface area is 287 Å². The highest BCUT2D eigenvalue weighted by Crippen LogP contribution is 2.33. The number of sulfonamides is 1. The Bertz CT molecular complexity index is 1870. The van der Waals surface area contributed by atoms with E-state index in [1.807, 2.05) is 30.3 Å². The van der Waals surface area contributed by atoms with Crippen LogP contribution in [-0.2, 0) is 47.4 Å². The van der Waals surface area contributed by atoms with Crippen LogP contribution in [0.4, 0.5) is 0 Å². The summed E-state index contributed by atoms with van der Waals surface area (Å²) >= 11 is 8.42. The quantitative estimate of drug-likeness (QED) is 0.215. The lowest BCUT2D eigenvalue weighted by atomic mass is 10.0. The molecule has 4 heterocycles. The average molecular weight is 692 g/mol. The smallest absolute Gasteiger partial charge is 0.211 e. The number of benzene rings is 2. The summed E-state index contributed by atoms with van der Waals surface area (Å²) in [7, 11) is -3.34.